The van der Waals surface area contributed by atoms with E-state index in [0.29, 0.717) is 0 Å². The molecule has 0 fully saturated rings. The molecule has 0 bridgehead atoms. The number of halogens is 2. The van der Waals surface area contributed by atoms with Gasteiger partial charge in [0.05, 0.1) is 5.75 Å². The van der Waals surface area contributed by atoms with Gasteiger partial charge in [0, 0.05) is 10.2 Å². The lowest BCUT2D eigenvalue weighted by molar-refractivity contribution is 0.457. The van der Waals surface area contributed by atoms with Crippen molar-refractivity contribution < 1.29 is 25.9 Å². The molecule has 0 spiro atoms. The Morgan fingerprint density at radius 1 is 1.14 bits per heavy atom. The van der Waals surface area contributed by atoms with Gasteiger partial charge in [0.2, 0.25) is 0 Å². The molecular formula is C4H8Br2O6S2. The van der Waals surface area contributed by atoms with Crippen LogP contribution in [0.3, 0.4) is 0 Å². The fourth-order valence-corrected chi connectivity index (χ4v) is 4.96. The summed E-state index contributed by atoms with van der Waals surface area (Å²) in [6.07, 6.45) is 0. The van der Waals surface area contributed by atoms with Crippen LogP contribution in [-0.2, 0) is 20.2 Å². The summed E-state index contributed by atoms with van der Waals surface area (Å²) in [4.78, 5) is -0.806. The van der Waals surface area contributed by atoms with E-state index in [1.54, 1.807) is 0 Å². The average molecular weight is 376 g/mol. The third kappa shape index (κ3) is 5.61. The van der Waals surface area contributed by atoms with E-state index < -0.39 is 36.1 Å². The van der Waals surface area contributed by atoms with Gasteiger partial charge in [0.1, 0.15) is 5.25 Å². The Morgan fingerprint density at radius 2 is 1.57 bits per heavy atom. The second-order valence-corrected chi connectivity index (χ2v) is 7.43. The van der Waals surface area contributed by atoms with Crippen LogP contribution in [0.15, 0.2) is 0 Å². The predicted octanol–water partition coefficient (Wildman–Crippen LogP) is 0.289. The summed E-state index contributed by atoms with van der Waals surface area (Å²) in [6.45, 7) is 0. The van der Waals surface area contributed by atoms with Gasteiger partial charge in [-0.15, -0.1) is 0 Å². The first-order valence-electron chi connectivity index (χ1n) is 3.19. The summed E-state index contributed by atoms with van der Waals surface area (Å²) < 4.78 is 59.5. The summed E-state index contributed by atoms with van der Waals surface area (Å²) >= 11 is 5.79. The molecule has 0 heterocycles. The van der Waals surface area contributed by atoms with Crippen molar-refractivity contribution in [1.82, 2.24) is 0 Å². The van der Waals surface area contributed by atoms with E-state index in [2.05, 4.69) is 31.9 Å². The van der Waals surface area contributed by atoms with Gasteiger partial charge in [0.25, 0.3) is 20.2 Å². The average Bonchev–Trinajstić information content (AvgIpc) is 1.95. The lowest BCUT2D eigenvalue weighted by atomic mass is 10.4. The first-order chi connectivity index (χ1) is 6.08. The fourth-order valence-electron chi connectivity index (χ4n) is 0.684. The van der Waals surface area contributed by atoms with E-state index in [9.17, 15) is 16.8 Å². The van der Waals surface area contributed by atoms with Gasteiger partial charge in [-0.1, -0.05) is 31.9 Å². The molecule has 2 N–H and O–H groups in total. The van der Waals surface area contributed by atoms with Crippen molar-refractivity contribution in [3.8, 4) is 0 Å². The zero-order chi connectivity index (χ0) is 11.6. The minimum Gasteiger partial charge on any atom is -0.286 e. The van der Waals surface area contributed by atoms with Crippen LogP contribution in [0.5, 0.6) is 0 Å². The van der Waals surface area contributed by atoms with Crippen molar-refractivity contribution in [3.63, 3.8) is 0 Å². The van der Waals surface area contributed by atoms with Crippen molar-refractivity contribution in [2.24, 2.45) is 0 Å². The molecule has 0 aliphatic rings. The van der Waals surface area contributed by atoms with Gasteiger partial charge in [-0.2, -0.15) is 16.8 Å². The molecule has 0 aromatic rings. The van der Waals surface area contributed by atoms with Gasteiger partial charge in [-0.3, -0.25) is 9.11 Å². The molecule has 0 radical (unpaired) electrons. The monoisotopic (exact) mass is 374 g/mol. The fraction of sp³-hybridized carbons (Fsp3) is 1.00. The second kappa shape index (κ2) is 5.21. The van der Waals surface area contributed by atoms with Crippen molar-refractivity contribution >= 4 is 52.1 Å². The summed E-state index contributed by atoms with van der Waals surface area (Å²) in [6, 6.07) is 0. The van der Waals surface area contributed by atoms with E-state index in [1.165, 1.54) is 0 Å². The third-order valence-corrected chi connectivity index (χ3v) is 6.44. The summed E-state index contributed by atoms with van der Waals surface area (Å²) in [7, 11) is -8.98. The molecule has 86 valence electrons. The zero-order valence-corrected chi connectivity index (χ0v) is 11.5. The van der Waals surface area contributed by atoms with E-state index >= 15 is 0 Å². The number of hydrogen-bond acceptors (Lipinski definition) is 4. The molecule has 0 amide bonds. The maximum absolute atomic E-state index is 10.7. The second-order valence-electron chi connectivity index (χ2n) is 2.47. The van der Waals surface area contributed by atoms with E-state index in [0.717, 1.165) is 0 Å². The molecule has 2 unspecified atom stereocenters. The highest BCUT2D eigenvalue weighted by Gasteiger charge is 2.34. The summed E-state index contributed by atoms with van der Waals surface area (Å²) in [5, 5.41) is -1.48. The molecule has 2 atom stereocenters. The highest BCUT2D eigenvalue weighted by atomic mass is 79.9. The summed E-state index contributed by atoms with van der Waals surface area (Å²) in [5.74, 6) is -1.05. The molecule has 0 aliphatic carbocycles. The number of rotatable bonds is 5. The Morgan fingerprint density at radius 3 is 1.79 bits per heavy atom. The molecule has 0 aliphatic heterocycles. The Balaban J connectivity index is 4.96. The molecule has 14 heavy (non-hydrogen) atoms. The van der Waals surface area contributed by atoms with E-state index in [1.807, 2.05) is 0 Å². The number of hydrogen-bond donors (Lipinski definition) is 2. The molecule has 0 aromatic carbocycles. The Labute approximate surface area is 98.8 Å². The smallest absolute Gasteiger partial charge is 0.270 e. The molecule has 0 rings (SSSR count). The van der Waals surface area contributed by atoms with Crippen molar-refractivity contribution in [2.75, 3.05) is 11.1 Å². The molecule has 10 heteroatoms. The Hall–Kier alpha value is 0.780. The van der Waals surface area contributed by atoms with Crippen molar-refractivity contribution in [1.29, 1.82) is 0 Å². The molecule has 6 nitrogen and oxygen atoms in total. The van der Waals surface area contributed by atoms with Crippen molar-refractivity contribution in [2.45, 2.75) is 10.1 Å². The Kier molecular flexibility index (Phi) is 5.50. The molecule has 0 aromatic heterocycles. The Bertz CT molecular complexity index is 373. The summed E-state index contributed by atoms with van der Waals surface area (Å²) in [5.41, 5.74) is 0. The minimum atomic E-state index is -4.53. The van der Waals surface area contributed by atoms with Crippen LogP contribution in [0, 0.1) is 0 Å². The van der Waals surface area contributed by atoms with Crippen LogP contribution in [0.25, 0.3) is 0 Å². The van der Waals surface area contributed by atoms with Gasteiger partial charge >= 0.3 is 0 Å². The van der Waals surface area contributed by atoms with Gasteiger partial charge < -0.3 is 0 Å². The largest absolute Gasteiger partial charge is 0.286 e. The highest BCUT2D eigenvalue weighted by Crippen LogP contribution is 2.17. The van der Waals surface area contributed by atoms with Gasteiger partial charge in [-0.05, 0) is 0 Å². The first-order valence-corrected chi connectivity index (χ1v) is 8.34. The normalized spacial score (nSPS) is 17.7. The van der Waals surface area contributed by atoms with Crippen LogP contribution in [0.4, 0.5) is 0 Å². The van der Waals surface area contributed by atoms with Gasteiger partial charge in [-0.25, -0.2) is 0 Å². The lowest BCUT2D eigenvalue weighted by Gasteiger charge is -2.15. The van der Waals surface area contributed by atoms with Crippen molar-refractivity contribution in [3.05, 3.63) is 0 Å². The third-order valence-electron chi connectivity index (χ3n) is 1.31. The van der Waals surface area contributed by atoms with Crippen LogP contribution < -0.4 is 0 Å². The zero-order valence-electron chi connectivity index (χ0n) is 6.67. The standard InChI is InChI=1S/C4H8Br2O6S2/c5-1-3(6)4(14(10,11)12)2-13(7,8)9/h3-4H,1-2H2,(H,7,8,9)(H,10,11,12). The van der Waals surface area contributed by atoms with E-state index in [4.69, 9.17) is 9.11 Å². The van der Waals surface area contributed by atoms with Crippen LogP contribution in [0.1, 0.15) is 0 Å². The van der Waals surface area contributed by atoms with E-state index in [-0.39, 0.29) is 5.33 Å². The predicted molar refractivity (Wildman–Crippen MR) is 58.3 cm³/mol. The molecular weight excluding hydrogens is 368 g/mol. The molecule has 0 saturated heterocycles. The SMILES string of the molecule is O=S(=O)(O)CC(C(Br)CBr)S(=O)(=O)O. The minimum absolute atomic E-state index is 0.118. The van der Waals surface area contributed by atoms with Gasteiger partial charge in [0.15, 0.2) is 0 Å². The number of alkyl halides is 2. The van der Waals surface area contributed by atoms with Crippen LogP contribution in [0.2, 0.25) is 0 Å². The maximum Gasteiger partial charge on any atom is 0.270 e. The maximum atomic E-state index is 10.7. The van der Waals surface area contributed by atoms with Crippen LogP contribution >= 0.6 is 31.9 Å². The lowest BCUT2D eigenvalue weighted by Crippen LogP contribution is -2.37. The first kappa shape index (κ1) is 14.8. The van der Waals surface area contributed by atoms with Crippen LogP contribution in [-0.4, -0.2) is 47.1 Å². The molecule has 0 saturated carbocycles. The highest BCUT2D eigenvalue weighted by molar-refractivity contribution is 9.12. The quantitative estimate of drug-likeness (QED) is 0.528. The topological polar surface area (TPSA) is 109 Å².